The molecule has 0 aliphatic heterocycles. The Morgan fingerprint density at radius 2 is 1.76 bits per heavy atom. The van der Waals surface area contributed by atoms with E-state index in [1.54, 1.807) is 6.07 Å². The summed E-state index contributed by atoms with van der Waals surface area (Å²) >= 11 is 1.08. The molecule has 9 heteroatoms. The van der Waals surface area contributed by atoms with Gasteiger partial charge in [-0.1, -0.05) is 19.1 Å². The first-order valence-electron chi connectivity index (χ1n) is 5.89. The Kier molecular flexibility index (Phi) is 4.35. The van der Waals surface area contributed by atoms with E-state index < -0.39 is 25.1 Å². The van der Waals surface area contributed by atoms with Crippen molar-refractivity contribution in [3.63, 3.8) is 0 Å². The van der Waals surface area contributed by atoms with Gasteiger partial charge in [-0.2, -0.15) is 8.42 Å². The van der Waals surface area contributed by atoms with Crippen LogP contribution < -0.4 is 4.72 Å². The molecule has 0 spiro atoms. The molecule has 1 aromatic carbocycles. The molecule has 0 saturated heterocycles. The Morgan fingerprint density at radius 3 is 2.33 bits per heavy atom. The number of thiophene rings is 1. The number of aryl methyl sites for hydroxylation is 1. The highest BCUT2D eigenvalue weighted by Gasteiger charge is 2.22. The van der Waals surface area contributed by atoms with Crippen LogP contribution in [0.1, 0.15) is 11.8 Å². The molecule has 0 radical (unpaired) electrons. The van der Waals surface area contributed by atoms with Crippen LogP contribution in [0, 0.1) is 0 Å². The molecule has 21 heavy (non-hydrogen) atoms. The van der Waals surface area contributed by atoms with Crippen molar-refractivity contribution in [3.05, 3.63) is 41.3 Å². The van der Waals surface area contributed by atoms with Crippen molar-refractivity contribution in [2.75, 3.05) is 4.72 Å². The van der Waals surface area contributed by atoms with Gasteiger partial charge in [0.1, 0.15) is 9.10 Å². The van der Waals surface area contributed by atoms with Crippen LogP contribution in [-0.4, -0.2) is 16.8 Å². The number of halogens is 1. The number of para-hydroxylation sites is 1. The van der Waals surface area contributed by atoms with Gasteiger partial charge in [-0.25, -0.2) is 8.42 Å². The van der Waals surface area contributed by atoms with Gasteiger partial charge in [-0.3, -0.25) is 4.72 Å². The van der Waals surface area contributed by atoms with Crippen molar-refractivity contribution in [2.45, 2.75) is 22.4 Å². The standard InChI is InChI=1S/C12H12FNO4S3/c1-2-9-7-8-12(19-9)21(17,18)14-10-5-3-4-6-11(10)20(13,15)16/h3-8,14H,2H2,1H3. The zero-order chi connectivity index (χ0) is 15.7. The summed E-state index contributed by atoms with van der Waals surface area (Å²) in [5.74, 6) is 0. The quantitative estimate of drug-likeness (QED) is 0.842. The van der Waals surface area contributed by atoms with Crippen molar-refractivity contribution >= 4 is 37.3 Å². The SMILES string of the molecule is CCc1ccc(S(=O)(=O)Nc2ccccc2S(=O)(=O)F)s1. The average molecular weight is 349 g/mol. The Bertz CT molecular complexity index is 856. The van der Waals surface area contributed by atoms with Crippen LogP contribution in [0.3, 0.4) is 0 Å². The molecule has 2 aromatic rings. The van der Waals surface area contributed by atoms with Crippen LogP contribution in [0.4, 0.5) is 9.57 Å². The van der Waals surface area contributed by atoms with Gasteiger partial charge in [-0.15, -0.1) is 15.2 Å². The molecular formula is C12H12FNO4S3. The van der Waals surface area contributed by atoms with Crippen molar-refractivity contribution in [1.29, 1.82) is 0 Å². The average Bonchev–Trinajstić information content (AvgIpc) is 2.87. The molecule has 0 bridgehead atoms. The van der Waals surface area contributed by atoms with E-state index >= 15 is 0 Å². The number of hydrogen-bond donors (Lipinski definition) is 1. The molecule has 2 rings (SSSR count). The maximum atomic E-state index is 13.2. The Balaban J connectivity index is 2.42. The fourth-order valence-electron chi connectivity index (χ4n) is 1.65. The topological polar surface area (TPSA) is 80.3 Å². The van der Waals surface area contributed by atoms with Crippen LogP contribution in [-0.2, 0) is 26.7 Å². The highest BCUT2D eigenvalue weighted by Crippen LogP contribution is 2.28. The zero-order valence-electron chi connectivity index (χ0n) is 10.9. The first kappa shape index (κ1) is 15.9. The molecule has 1 heterocycles. The van der Waals surface area contributed by atoms with E-state index in [1.807, 2.05) is 6.92 Å². The Labute approximate surface area is 126 Å². The number of nitrogens with one attached hydrogen (secondary N) is 1. The summed E-state index contributed by atoms with van der Waals surface area (Å²) in [6.07, 6.45) is 0.690. The molecule has 1 N–H and O–H groups in total. The van der Waals surface area contributed by atoms with Gasteiger partial charge in [0.2, 0.25) is 0 Å². The monoisotopic (exact) mass is 349 g/mol. The molecule has 0 aliphatic carbocycles. The maximum absolute atomic E-state index is 13.2. The van der Waals surface area contributed by atoms with E-state index in [9.17, 15) is 20.7 Å². The van der Waals surface area contributed by atoms with E-state index in [2.05, 4.69) is 4.72 Å². The summed E-state index contributed by atoms with van der Waals surface area (Å²) < 4.78 is 61.8. The van der Waals surface area contributed by atoms with Crippen molar-refractivity contribution in [2.24, 2.45) is 0 Å². The number of anilines is 1. The van der Waals surface area contributed by atoms with Crippen LogP contribution in [0.5, 0.6) is 0 Å². The van der Waals surface area contributed by atoms with E-state index in [0.29, 0.717) is 6.42 Å². The summed E-state index contributed by atoms with van der Waals surface area (Å²) in [4.78, 5) is 0.169. The highest BCUT2D eigenvalue weighted by atomic mass is 32.3. The van der Waals surface area contributed by atoms with Crippen LogP contribution >= 0.6 is 11.3 Å². The van der Waals surface area contributed by atoms with E-state index in [0.717, 1.165) is 22.3 Å². The summed E-state index contributed by atoms with van der Waals surface area (Å²) in [7, 11) is -8.96. The second kappa shape index (κ2) is 5.74. The second-order valence-electron chi connectivity index (χ2n) is 4.11. The summed E-state index contributed by atoms with van der Waals surface area (Å²) in [6, 6.07) is 8.02. The normalized spacial score (nSPS) is 12.3. The summed E-state index contributed by atoms with van der Waals surface area (Å²) in [5.41, 5.74) is -0.313. The first-order valence-corrected chi connectivity index (χ1v) is 9.57. The smallest absolute Gasteiger partial charge is 0.278 e. The lowest BCUT2D eigenvalue weighted by Crippen LogP contribution is -2.13. The minimum atomic E-state index is -5.01. The van der Waals surface area contributed by atoms with Gasteiger partial charge in [0, 0.05) is 4.88 Å². The van der Waals surface area contributed by atoms with Gasteiger partial charge in [0.05, 0.1) is 5.69 Å². The maximum Gasteiger partial charge on any atom is 0.334 e. The zero-order valence-corrected chi connectivity index (χ0v) is 13.4. The minimum absolute atomic E-state index is 0.0467. The van der Waals surface area contributed by atoms with Crippen molar-refractivity contribution < 1.29 is 20.7 Å². The molecule has 1 aromatic heterocycles. The molecule has 5 nitrogen and oxygen atoms in total. The largest absolute Gasteiger partial charge is 0.334 e. The lowest BCUT2D eigenvalue weighted by atomic mass is 10.3. The van der Waals surface area contributed by atoms with E-state index in [-0.39, 0.29) is 9.90 Å². The van der Waals surface area contributed by atoms with Crippen LogP contribution in [0.2, 0.25) is 0 Å². The fourth-order valence-corrected chi connectivity index (χ4v) is 4.71. The van der Waals surface area contributed by atoms with E-state index in [1.165, 1.54) is 24.3 Å². The van der Waals surface area contributed by atoms with Gasteiger partial charge in [0.25, 0.3) is 10.0 Å². The Hall–Kier alpha value is -1.45. The third kappa shape index (κ3) is 3.60. The number of rotatable bonds is 5. The third-order valence-corrected chi connectivity index (χ3v) is 6.61. The molecule has 0 fully saturated rings. The number of sulfonamides is 1. The highest BCUT2D eigenvalue weighted by molar-refractivity contribution is 7.94. The van der Waals surface area contributed by atoms with Gasteiger partial charge >= 0.3 is 10.2 Å². The van der Waals surface area contributed by atoms with Crippen LogP contribution in [0.25, 0.3) is 0 Å². The summed E-state index contributed by atoms with van der Waals surface area (Å²) in [5, 5.41) is 0. The molecule has 0 aliphatic rings. The lowest BCUT2D eigenvalue weighted by Gasteiger charge is -2.08. The van der Waals surface area contributed by atoms with Gasteiger partial charge < -0.3 is 0 Å². The van der Waals surface area contributed by atoms with Crippen molar-refractivity contribution in [3.8, 4) is 0 Å². The van der Waals surface area contributed by atoms with Crippen LogP contribution in [0.15, 0.2) is 45.5 Å². The van der Waals surface area contributed by atoms with E-state index in [4.69, 9.17) is 0 Å². The predicted molar refractivity (Wildman–Crippen MR) is 79.2 cm³/mol. The lowest BCUT2D eigenvalue weighted by molar-refractivity contribution is 0.552. The molecular weight excluding hydrogens is 337 g/mol. The third-order valence-electron chi connectivity index (χ3n) is 2.64. The molecule has 114 valence electrons. The molecule has 0 unspecified atom stereocenters. The number of benzene rings is 1. The second-order valence-corrected chi connectivity index (χ2v) is 8.51. The first-order chi connectivity index (χ1) is 9.74. The van der Waals surface area contributed by atoms with Gasteiger partial charge in [-0.05, 0) is 30.7 Å². The molecule has 0 atom stereocenters. The molecule has 0 amide bonds. The number of hydrogen-bond acceptors (Lipinski definition) is 5. The predicted octanol–water partition coefficient (Wildman–Crippen LogP) is 2.77. The Morgan fingerprint density at radius 1 is 1.10 bits per heavy atom. The fraction of sp³-hybridized carbons (Fsp3) is 0.167. The van der Waals surface area contributed by atoms with Crippen molar-refractivity contribution in [1.82, 2.24) is 0 Å². The minimum Gasteiger partial charge on any atom is -0.278 e. The van der Waals surface area contributed by atoms with Gasteiger partial charge in [0.15, 0.2) is 0 Å². The summed E-state index contributed by atoms with van der Waals surface area (Å²) in [6.45, 7) is 1.89. The molecule has 0 saturated carbocycles.